The van der Waals surface area contributed by atoms with E-state index < -0.39 is 6.04 Å². The summed E-state index contributed by atoms with van der Waals surface area (Å²) < 4.78 is 7.88. The molecule has 0 radical (unpaired) electrons. The molecule has 1 atom stereocenters. The molecule has 0 aliphatic rings. The topological polar surface area (TPSA) is 56.2 Å². The summed E-state index contributed by atoms with van der Waals surface area (Å²) in [7, 11) is 0. The lowest BCUT2D eigenvalue weighted by molar-refractivity contribution is -0.123. The van der Waals surface area contributed by atoms with Crippen LogP contribution >= 0.6 is 0 Å². The van der Waals surface area contributed by atoms with Gasteiger partial charge in [-0.05, 0) is 43.2 Å². The fourth-order valence-electron chi connectivity index (χ4n) is 3.53. The number of carbonyl (C=O) groups is 1. The molecule has 0 bridgehead atoms. The van der Waals surface area contributed by atoms with Crippen LogP contribution in [-0.2, 0) is 17.8 Å². The molecule has 152 valence electrons. The molecule has 5 heteroatoms. The van der Waals surface area contributed by atoms with Gasteiger partial charge in [0, 0.05) is 6.54 Å². The Balaban J connectivity index is 1.50. The van der Waals surface area contributed by atoms with Crippen molar-refractivity contribution >= 4 is 16.9 Å². The van der Waals surface area contributed by atoms with Gasteiger partial charge in [-0.2, -0.15) is 0 Å². The molecule has 5 nitrogen and oxygen atoms in total. The number of nitrogens with zero attached hydrogens (tertiary/aromatic N) is 2. The van der Waals surface area contributed by atoms with Crippen molar-refractivity contribution in [2.24, 2.45) is 0 Å². The van der Waals surface area contributed by atoms with E-state index in [0.29, 0.717) is 13.2 Å². The van der Waals surface area contributed by atoms with E-state index in [-0.39, 0.29) is 5.91 Å². The van der Waals surface area contributed by atoms with Crippen molar-refractivity contribution in [3.8, 4) is 5.75 Å². The van der Waals surface area contributed by atoms with Crippen LogP contribution in [0.4, 0.5) is 0 Å². The molecule has 1 unspecified atom stereocenters. The zero-order valence-electron chi connectivity index (χ0n) is 17.0. The maximum absolute atomic E-state index is 12.9. The smallest absolute Gasteiger partial charge is 0.242 e. The zero-order chi connectivity index (χ0) is 20.8. The van der Waals surface area contributed by atoms with Gasteiger partial charge < -0.3 is 14.6 Å². The van der Waals surface area contributed by atoms with Crippen molar-refractivity contribution < 1.29 is 9.53 Å². The van der Waals surface area contributed by atoms with Crippen LogP contribution in [0.25, 0.3) is 11.0 Å². The van der Waals surface area contributed by atoms with Crippen LogP contribution in [0.5, 0.6) is 5.75 Å². The fourth-order valence-corrected chi connectivity index (χ4v) is 3.53. The van der Waals surface area contributed by atoms with Crippen LogP contribution in [0.1, 0.15) is 24.4 Å². The second kappa shape index (κ2) is 9.27. The lowest BCUT2D eigenvalue weighted by atomic mass is 10.1. The van der Waals surface area contributed by atoms with Crippen molar-refractivity contribution in [3.63, 3.8) is 0 Å². The van der Waals surface area contributed by atoms with Crippen molar-refractivity contribution in [3.05, 3.63) is 96.3 Å². The molecule has 30 heavy (non-hydrogen) atoms. The van der Waals surface area contributed by atoms with E-state index in [9.17, 15) is 4.79 Å². The molecule has 1 amide bonds. The number of ether oxygens (including phenoxy) is 1. The molecule has 0 aliphatic heterocycles. The number of benzene rings is 3. The summed E-state index contributed by atoms with van der Waals surface area (Å²) in [5, 5.41) is 3.06. The van der Waals surface area contributed by atoms with Gasteiger partial charge in [-0.1, -0.05) is 60.7 Å². The molecule has 0 saturated carbocycles. The normalized spacial score (nSPS) is 11.9. The Morgan fingerprint density at radius 3 is 2.40 bits per heavy atom. The van der Waals surface area contributed by atoms with Gasteiger partial charge in [-0.25, -0.2) is 4.98 Å². The molecule has 0 aliphatic carbocycles. The molecule has 3 aromatic carbocycles. The van der Waals surface area contributed by atoms with Crippen LogP contribution in [0.2, 0.25) is 0 Å². The quantitative estimate of drug-likeness (QED) is 0.473. The average Bonchev–Trinajstić information content (AvgIpc) is 3.17. The number of hydrogen-bond donors (Lipinski definition) is 1. The van der Waals surface area contributed by atoms with Crippen molar-refractivity contribution in [2.45, 2.75) is 26.0 Å². The largest absolute Gasteiger partial charge is 0.486 e. The highest BCUT2D eigenvalue weighted by molar-refractivity contribution is 5.84. The Morgan fingerprint density at radius 2 is 1.63 bits per heavy atom. The highest BCUT2D eigenvalue weighted by Gasteiger charge is 2.21. The highest BCUT2D eigenvalue weighted by Crippen LogP contribution is 2.23. The van der Waals surface area contributed by atoms with Gasteiger partial charge in [0.05, 0.1) is 11.0 Å². The van der Waals surface area contributed by atoms with E-state index in [1.807, 2.05) is 84.3 Å². The highest BCUT2D eigenvalue weighted by atomic mass is 16.5. The average molecular weight is 399 g/mol. The van der Waals surface area contributed by atoms with Gasteiger partial charge in [-0.3, -0.25) is 4.79 Å². The molecular weight excluding hydrogens is 374 g/mol. The van der Waals surface area contributed by atoms with E-state index in [2.05, 4.69) is 17.4 Å². The molecule has 0 fully saturated rings. The number of fused-ring (bicyclic) bond motifs is 1. The Bertz CT molecular complexity index is 1110. The van der Waals surface area contributed by atoms with E-state index in [0.717, 1.165) is 29.0 Å². The summed E-state index contributed by atoms with van der Waals surface area (Å²) in [5.74, 6) is 1.47. The summed E-state index contributed by atoms with van der Waals surface area (Å²) in [6, 6.07) is 27.2. The molecule has 4 aromatic rings. The van der Waals surface area contributed by atoms with Gasteiger partial charge >= 0.3 is 0 Å². The molecular formula is C25H25N3O2. The third kappa shape index (κ3) is 4.51. The minimum atomic E-state index is -0.400. The summed E-state index contributed by atoms with van der Waals surface area (Å²) in [6.45, 7) is 2.79. The van der Waals surface area contributed by atoms with Crippen LogP contribution in [0.15, 0.2) is 84.9 Å². The summed E-state index contributed by atoms with van der Waals surface area (Å²) in [5.41, 5.74) is 2.98. The van der Waals surface area contributed by atoms with Gasteiger partial charge in [0.25, 0.3) is 0 Å². The first-order valence-corrected chi connectivity index (χ1v) is 10.2. The van der Waals surface area contributed by atoms with Gasteiger partial charge in [0.1, 0.15) is 24.2 Å². The number of aromatic nitrogens is 2. The monoisotopic (exact) mass is 399 g/mol. The molecule has 4 rings (SSSR count). The third-order valence-electron chi connectivity index (χ3n) is 5.10. The first kappa shape index (κ1) is 19.7. The predicted octanol–water partition coefficient (Wildman–Crippen LogP) is 4.54. The first-order valence-electron chi connectivity index (χ1n) is 10.2. The number of hydrogen-bond acceptors (Lipinski definition) is 3. The van der Waals surface area contributed by atoms with E-state index >= 15 is 0 Å². The number of rotatable bonds is 8. The number of carbonyl (C=O) groups excluding carboxylic acids is 1. The molecule has 0 spiro atoms. The first-order chi connectivity index (χ1) is 14.7. The summed E-state index contributed by atoms with van der Waals surface area (Å²) in [6.07, 6.45) is 0.800. The van der Waals surface area contributed by atoms with Crippen molar-refractivity contribution in [2.75, 3.05) is 6.54 Å². The minimum absolute atomic E-state index is 0.0324. The van der Waals surface area contributed by atoms with E-state index in [1.54, 1.807) is 0 Å². The third-order valence-corrected chi connectivity index (χ3v) is 5.10. The second-order valence-corrected chi connectivity index (χ2v) is 7.19. The fraction of sp³-hybridized carbons (Fsp3) is 0.200. The molecule has 1 aromatic heterocycles. The number of para-hydroxylation sites is 3. The maximum atomic E-state index is 12.9. The number of imidazole rings is 1. The zero-order valence-corrected chi connectivity index (χ0v) is 17.0. The van der Waals surface area contributed by atoms with Crippen LogP contribution in [0, 0.1) is 0 Å². The van der Waals surface area contributed by atoms with Gasteiger partial charge in [0.15, 0.2) is 0 Å². The number of nitrogens with one attached hydrogen (secondary N) is 1. The van der Waals surface area contributed by atoms with Crippen LogP contribution in [0.3, 0.4) is 0 Å². The Morgan fingerprint density at radius 1 is 0.967 bits per heavy atom. The standard InChI is InChI=1S/C25H25N3O2/c1-19(25(29)26-17-16-20-10-4-2-5-11-20)28-23-15-9-8-14-22(23)27-24(28)18-30-21-12-6-3-7-13-21/h2-15,19H,16-18H2,1H3,(H,26,29). The molecule has 0 saturated heterocycles. The lowest BCUT2D eigenvalue weighted by Gasteiger charge is -2.18. The summed E-state index contributed by atoms with van der Waals surface area (Å²) in [4.78, 5) is 17.6. The lowest BCUT2D eigenvalue weighted by Crippen LogP contribution is -2.33. The Hall–Kier alpha value is -3.60. The van der Waals surface area contributed by atoms with Crippen molar-refractivity contribution in [1.82, 2.24) is 14.9 Å². The SMILES string of the molecule is CC(C(=O)NCCc1ccccc1)n1c(COc2ccccc2)nc2ccccc21. The summed E-state index contributed by atoms with van der Waals surface area (Å²) >= 11 is 0. The predicted molar refractivity (Wildman–Crippen MR) is 118 cm³/mol. The van der Waals surface area contributed by atoms with E-state index in [4.69, 9.17) is 9.72 Å². The van der Waals surface area contributed by atoms with Gasteiger partial charge in [0.2, 0.25) is 5.91 Å². The Kier molecular flexibility index (Phi) is 6.09. The molecule has 1 N–H and O–H groups in total. The van der Waals surface area contributed by atoms with Crippen molar-refractivity contribution in [1.29, 1.82) is 0 Å². The van der Waals surface area contributed by atoms with Crippen LogP contribution in [-0.4, -0.2) is 22.0 Å². The van der Waals surface area contributed by atoms with Gasteiger partial charge in [-0.15, -0.1) is 0 Å². The maximum Gasteiger partial charge on any atom is 0.242 e. The van der Waals surface area contributed by atoms with Crippen LogP contribution < -0.4 is 10.1 Å². The Labute approximate surface area is 176 Å². The minimum Gasteiger partial charge on any atom is -0.486 e. The second-order valence-electron chi connectivity index (χ2n) is 7.19. The number of amides is 1. The van der Waals surface area contributed by atoms with E-state index in [1.165, 1.54) is 5.56 Å². The molecule has 1 heterocycles.